The van der Waals surface area contributed by atoms with Crippen LogP contribution in [0, 0.1) is 0 Å². The van der Waals surface area contributed by atoms with Crippen molar-refractivity contribution in [1.29, 1.82) is 0 Å². The van der Waals surface area contributed by atoms with E-state index < -0.39 is 23.3 Å². The number of carbonyl (C=O) groups excluding carboxylic acids is 1. The molecule has 0 aliphatic heterocycles. The summed E-state index contributed by atoms with van der Waals surface area (Å²) in [6.07, 6.45) is -3.04. The Hall–Kier alpha value is -3.09. The first-order chi connectivity index (χ1) is 12.4. The minimum absolute atomic E-state index is 0.229. The number of nitrogens with zero attached hydrogens (tertiary/aromatic N) is 2. The van der Waals surface area contributed by atoms with Crippen LogP contribution in [-0.2, 0) is 12.6 Å². The van der Waals surface area contributed by atoms with Gasteiger partial charge in [0.25, 0.3) is 5.91 Å². The summed E-state index contributed by atoms with van der Waals surface area (Å²) in [7, 11) is 0. The molecule has 0 aliphatic carbocycles. The first-order valence-electron chi connectivity index (χ1n) is 8.01. The van der Waals surface area contributed by atoms with E-state index in [-0.39, 0.29) is 5.69 Å². The van der Waals surface area contributed by atoms with Gasteiger partial charge in [0.15, 0.2) is 5.69 Å². The Kier molecular flexibility index (Phi) is 4.79. The fraction of sp³-hybridized carbons (Fsp3) is 0.158. The van der Waals surface area contributed by atoms with Gasteiger partial charge in [-0.2, -0.15) is 18.3 Å². The lowest BCUT2D eigenvalue weighted by molar-refractivity contribution is -0.143. The van der Waals surface area contributed by atoms with Gasteiger partial charge in [-0.15, -0.1) is 0 Å². The van der Waals surface area contributed by atoms with Gasteiger partial charge in [0.05, 0.1) is 17.4 Å². The molecule has 1 amide bonds. The van der Waals surface area contributed by atoms with Gasteiger partial charge in [0.2, 0.25) is 0 Å². The van der Waals surface area contributed by atoms with E-state index in [9.17, 15) is 18.0 Å². The Morgan fingerprint density at radius 1 is 1.12 bits per heavy atom. The molecular formula is C19H16F3N3O. The normalized spacial score (nSPS) is 11.4. The number of hydrogen-bond donors (Lipinski definition) is 1. The molecule has 4 nitrogen and oxygen atoms in total. The van der Waals surface area contributed by atoms with E-state index in [1.807, 2.05) is 13.0 Å². The SMILES string of the molecule is CCc1cccc(NC(=O)c2cnn(-c3ccccc3)c2C(F)(F)F)c1. The lowest BCUT2D eigenvalue weighted by Gasteiger charge is -2.13. The van der Waals surface area contributed by atoms with Crippen molar-refractivity contribution in [3.63, 3.8) is 0 Å². The van der Waals surface area contributed by atoms with Crippen molar-refractivity contribution >= 4 is 11.6 Å². The number of anilines is 1. The Morgan fingerprint density at radius 3 is 2.50 bits per heavy atom. The van der Waals surface area contributed by atoms with Crippen molar-refractivity contribution in [2.45, 2.75) is 19.5 Å². The molecule has 0 radical (unpaired) electrons. The van der Waals surface area contributed by atoms with Crippen LogP contribution < -0.4 is 5.32 Å². The first-order valence-corrected chi connectivity index (χ1v) is 8.01. The number of rotatable bonds is 4. The fourth-order valence-corrected chi connectivity index (χ4v) is 2.62. The summed E-state index contributed by atoms with van der Waals surface area (Å²) in [6, 6.07) is 14.9. The highest BCUT2D eigenvalue weighted by atomic mass is 19.4. The molecule has 1 aromatic heterocycles. The van der Waals surface area contributed by atoms with Crippen LogP contribution in [0.3, 0.4) is 0 Å². The summed E-state index contributed by atoms with van der Waals surface area (Å²) in [5, 5.41) is 6.30. The molecule has 0 saturated carbocycles. The number of aryl methyl sites for hydroxylation is 1. The number of hydrogen-bond acceptors (Lipinski definition) is 2. The molecule has 0 aliphatic rings. The minimum Gasteiger partial charge on any atom is -0.322 e. The van der Waals surface area contributed by atoms with Crippen molar-refractivity contribution in [1.82, 2.24) is 9.78 Å². The third-order valence-electron chi connectivity index (χ3n) is 3.88. The average Bonchev–Trinajstić information content (AvgIpc) is 3.08. The van der Waals surface area contributed by atoms with Gasteiger partial charge in [0, 0.05) is 5.69 Å². The highest BCUT2D eigenvalue weighted by Gasteiger charge is 2.40. The first kappa shape index (κ1) is 17.7. The van der Waals surface area contributed by atoms with Crippen molar-refractivity contribution in [3.05, 3.63) is 77.6 Å². The third kappa shape index (κ3) is 3.61. The van der Waals surface area contributed by atoms with Crippen molar-refractivity contribution in [3.8, 4) is 5.69 Å². The van der Waals surface area contributed by atoms with E-state index in [0.717, 1.165) is 22.9 Å². The molecule has 0 saturated heterocycles. The summed E-state index contributed by atoms with van der Waals surface area (Å²) >= 11 is 0. The number of alkyl halides is 3. The Balaban J connectivity index is 1.99. The summed E-state index contributed by atoms with van der Waals surface area (Å²) in [5.74, 6) is -0.854. The van der Waals surface area contributed by atoms with Crippen LogP contribution in [0.15, 0.2) is 60.8 Å². The van der Waals surface area contributed by atoms with Crippen LogP contribution in [0.1, 0.15) is 28.5 Å². The zero-order valence-corrected chi connectivity index (χ0v) is 13.9. The molecule has 0 unspecified atom stereocenters. The number of carbonyl (C=O) groups is 1. The smallest absolute Gasteiger partial charge is 0.322 e. The van der Waals surface area contributed by atoms with Crippen LogP contribution in [0.4, 0.5) is 18.9 Å². The number of amides is 1. The zero-order chi connectivity index (χ0) is 18.7. The highest BCUT2D eigenvalue weighted by molar-refractivity contribution is 6.05. The maximum Gasteiger partial charge on any atom is 0.434 e. The standard InChI is InChI=1S/C19H16F3N3O/c1-2-13-7-6-8-14(11-13)24-18(26)16-12-23-25(17(16)19(20,21)22)15-9-4-3-5-10-15/h3-12H,2H2,1H3,(H,24,26). The number of para-hydroxylation sites is 1. The summed E-state index contributed by atoms with van der Waals surface area (Å²) in [6.45, 7) is 1.95. The molecule has 3 rings (SSSR count). The average molecular weight is 359 g/mol. The second-order valence-electron chi connectivity index (χ2n) is 5.66. The van der Waals surface area contributed by atoms with Crippen LogP contribution in [0.2, 0.25) is 0 Å². The molecule has 1 N–H and O–H groups in total. The molecule has 0 atom stereocenters. The molecule has 0 spiro atoms. The zero-order valence-electron chi connectivity index (χ0n) is 13.9. The number of halogens is 3. The van der Waals surface area contributed by atoms with Gasteiger partial charge >= 0.3 is 6.18 Å². The predicted molar refractivity (Wildman–Crippen MR) is 92.3 cm³/mol. The van der Waals surface area contributed by atoms with Crippen LogP contribution in [0.25, 0.3) is 5.69 Å². The van der Waals surface area contributed by atoms with Crippen LogP contribution in [0.5, 0.6) is 0 Å². The van der Waals surface area contributed by atoms with E-state index in [1.54, 1.807) is 36.4 Å². The maximum absolute atomic E-state index is 13.6. The lowest BCUT2D eigenvalue weighted by Crippen LogP contribution is -2.20. The lowest BCUT2D eigenvalue weighted by atomic mass is 10.1. The largest absolute Gasteiger partial charge is 0.434 e. The molecule has 1 heterocycles. The summed E-state index contributed by atoms with van der Waals surface area (Å²) in [4.78, 5) is 12.5. The molecule has 0 fully saturated rings. The second-order valence-corrected chi connectivity index (χ2v) is 5.66. The van der Waals surface area contributed by atoms with Crippen LogP contribution in [-0.4, -0.2) is 15.7 Å². The Morgan fingerprint density at radius 2 is 1.85 bits per heavy atom. The summed E-state index contributed by atoms with van der Waals surface area (Å²) < 4.78 is 41.5. The van der Waals surface area contributed by atoms with Gasteiger partial charge in [-0.25, -0.2) is 4.68 Å². The fourth-order valence-electron chi connectivity index (χ4n) is 2.62. The number of aromatic nitrogens is 2. The van der Waals surface area contributed by atoms with E-state index >= 15 is 0 Å². The monoisotopic (exact) mass is 359 g/mol. The summed E-state index contributed by atoms with van der Waals surface area (Å²) in [5.41, 5.74) is 0.0108. The Bertz CT molecular complexity index is 917. The van der Waals surface area contributed by atoms with E-state index in [1.165, 1.54) is 12.1 Å². The van der Waals surface area contributed by atoms with Gasteiger partial charge in [0.1, 0.15) is 0 Å². The second kappa shape index (κ2) is 7.03. The predicted octanol–water partition coefficient (Wildman–Crippen LogP) is 4.71. The molecule has 3 aromatic rings. The van der Waals surface area contributed by atoms with Crippen molar-refractivity contribution in [2.24, 2.45) is 0 Å². The quantitative estimate of drug-likeness (QED) is 0.734. The van der Waals surface area contributed by atoms with Gasteiger partial charge in [-0.05, 0) is 36.2 Å². The third-order valence-corrected chi connectivity index (χ3v) is 3.88. The highest BCUT2D eigenvalue weighted by Crippen LogP contribution is 2.34. The molecule has 26 heavy (non-hydrogen) atoms. The van der Waals surface area contributed by atoms with E-state index in [2.05, 4.69) is 10.4 Å². The topological polar surface area (TPSA) is 46.9 Å². The van der Waals surface area contributed by atoms with Gasteiger partial charge in [-0.1, -0.05) is 37.3 Å². The van der Waals surface area contributed by atoms with Crippen molar-refractivity contribution in [2.75, 3.05) is 5.32 Å². The van der Waals surface area contributed by atoms with E-state index in [0.29, 0.717) is 5.69 Å². The van der Waals surface area contributed by atoms with Crippen molar-refractivity contribution < 1.29 is 18.0 Å². The van der Waals surface area contributed by atoms with Crippen LogP contribution >= 0.6 is 0 Å². The van der Waals surface area contributed by atoms with Gasteiger partial charge < -0.3 is 5.32 Å². The molecule has 134 valence electrons. The molecule has 2 aromatic carbocycles. The van der Waals surface area contributed by atoms with E-state index in [4.69, 9.17) is 0 Å². The minimum atomic E-state index is -4.73. The maximum atomic E-state index is 13.6. The molecule has 0 bridgehead atoms. The number of nitrogens with one attached hydrogen (secondary N) is 1. The Labute approximate surface area is 148 Å². The molecular weight excluding hydrogens is 343 g/mol. The number of benzene rings is 2. The van der Waals surface area contributed by atoms with Gasteiger partial charge in [-0.3, -0.25) is 4.79 Å². The molecule has 7 heteroatoms.